The average Bonchev–Trinajstić information content (AvgIpc) is 2.12. The Bertz CT molecular complexity index is 392. The summed E-state index contributed by atoms with van der Waals surface area (Å²) in [6, 6.07) is 6.80. The van der Waals surface area contributed by atoms with Crippen LogP contribution in [0.5, 0.6) is 5.75 Å². The topological polar surface area (TPSA) is 33.1 Å². The van der Waals surface area contributed by atoms with Gasteiger partial charge in [0, 0.05) is 63.0 Å². The fourth-order valence-electron chi connectivity index (χ4n) is 1.12. The standard InChI is InChI=1S/C9H6ClNO.K/c10-7-3-4-8(12)9-6(7)2-1-5-11-9;/h1-5,12H;. The molecule has 2 aromatic rings. The third-order valence-corrected chi connectivity index (χ3v) is 2.02. The number of phenolic OH excluding ortho intramolecular Hbond substituents is 1. The molecule has 0 bridgehead atoms. The molecule has 0 fully saturated rings. The van der Waals surface area contributed by atoms with E-state index in [0.29, 0.717) is 10.5 Å². The van der Waals surface area contributed by atoms with Crippen molar-refractivity contribution in [2.75, 3.05) is 0 Å². The Morgan fingerprint density at radius 3 is 2.69 bits per heavy atom. The second-order valence-corrected chi connectivity index (χ2v) is 2.87. The number of aromatic hydroxyl groups is 1. The van der Waals surface area contributed by atoms with Gasteiger partial charge in [0.15, 0.2) is 0 Å². The van der Waals surface area contributed by atoms with E-state index in [0.717, 1.165) is 5.39 Å². The third kappa shape index (κ3) is 2.23. The van der Waals surface area contributed by atoms with Gasteiger partial charge in [-0.05, 0) is 24.3 Å². The van der Waals surface area contributed by atoms with Gasteiger partial charge in [-0.1, -0.05) is 11.6 Å². The maximum atomic E-state index is 9.37. The number of rotatable bonds is 0. The second kappa shape index (κ2) is 4.73. The maximum absolute atomic E-state index is 9.37. The van der Waals surface area contributed by atoms with Crippen LogP contribution in [0, 0.1) is 0 Å². The predicted molar refractivity (Wildman–Crippen MR) is 54.2 cm³/mol. The van der Waals surface area contributed by atoms with Crippen LogP contribution in [0.3, 0.4) is 0 Å². The smallest absolute Gasteiger partial charge is 0.141 e. The van der Waals surface area contributed by atoms with Crippen molar-refractivity contribution in [3.8, 4) is 5.75 Å². The van der Waals surface area contributed by atoms with Crippen LogP contribution in [0.15, 0.2) is 30.5 Å². The van der Waals surface area contributed by atoms with E-state index in [2.05, 4.69) is 4.98 Å². The summed E-state index contributed by atoms with van der Waals surface area (Å²) in [6.07, 6.45) is 1.62. The molecule has 1 aromatic heterocycles. The largest absolute Gasteiger partial charge is 0.506 e. The fraction of sp³-hybridized carbons (Fsp3) is 0. The molecular formula is C9H6ClKNO. The van der Waals surface area contributed by atoms with Crippen LogP contribution in [0.4, 0.5) is 0 Å². The Morgan fingerprint density at radius 2 is 2.00 bits per heavy atom. The number of aromatic nitrogens is 1. The first-order valence-corrected chi connectivity index (χ1v) is 3.89. The van der Waals surface area contributed by atoms with Crippen LogP contribution in [-0.4, -0.2) is 61.5 Å². The van der Waals surface area contributed by atoms with Crippen LogP contribution >= 0.6 is 11.6 Å². The number of nitrogens with zero attached hydrogens (tertiary/aromatic N) is 1. The first-order chi connectivity index (χ1) is 5.79. The van der Waals surface area contributed by atoms with Crippen LogP contribution in [-0.2, 0) is 0 Å². The molecule has 1 N–H and O–H groups in total. The number of benzene rings is 1. The van der Waals surface area contributed by atoms with Crippen LogP contribution in [0.2, 0.25) is 5.02 Å². The van der Waals surface area contributed by atoms with Crippen molar-refractivity contribution in [3.63, 3.8) is 0 Å². The van der Waals surface area contributed by atoms with E-state index in [1.165, 1.54) is 6.07 Å². The molecular weight excluding hydrogens is 213 g/mol. The zero-order valence-corrected chi connectivity index (χ0v) is 11.0. The van der Waals surface area contributed by atoms with Gasteiger partial charge in [0.1, 0.15) is 11.3 Å². The van der Waals surface area contributed by atoms with Gasteiger partial charge < -0.3 is 5.11 Å². The molecule has 0 spiro atoms. The molecule has 0 aliphatic heterocycles. The van der Waals surface area contributed by atoms with Crippen molar-refractivity contribution in [1.29, 1.82) is 0 Å². The monoisotopic (exact) mass is 218 g/mol. The molecule has 0 aliphatic rings. The fourth-order valence-corrected chi connectivity index (χ4v) is 1.34. The molecule has 0 aliphatic carbocycles. The minimum atomic E-state index is 0. The van der Waals surface area contributed by atoms with Gasteiger partial charge in [-0.2, -0.15) is 0 Å². The molecule has 2 rings (SSSR count). The molecule has 61 valence electrons. The van der Waals surface area contributed by atoms with Gasteiger partial charge in [0.05, 0.1) is 5.02 Å². The summed E-state index contributed by atoms with van der Waals surface area (Å²) in [7, 11) is 0. The second-order valence-electron chi connectivity index (χ2n) is 2.47. The molecule has 0 unspecified atom stereocenters. The Kier molecular flexibility index (Phi) is 4.16. The molecule has 1 radical (unpaired) electrons. The Labute approximate surface area is 123 Å². The van der Waals surface area contributed by atoms with Crippen LogP contribution < -0.4 is 0 Å². The summed E-state index contributed by atoms with van der Waals surface area (Å²) in [5, 5.41) is 10.8. The van der Waals surface area contributed by atoms with Gasteiger partial charge in [-0.3, -0.25) is 4.98 Å². The van der Waals surface area contributed by atoms with Gasteiger partial charge in [-0.15, -0.1) is 0 Å². The van der Waals surface area contributed by atoms with Gasteiger partial charge in [0.2, 0.25) is 0 Å². The zero-order valence-electron chi connectivity index (χ0n) is 7.16. The first-order valence-electron chi connectivity index (χ1n) is 3.51. The van der Waals surface area contributed by atoms with E-state index in [4.69, 9.17) is 11.6 Å². The number of fused-ring (bicyclic) bond motifs is 1. The average molecular weight is 219 g/mol. The normalized spacial score (nSPS) is 9.62. The van der Waals surface area contributed by atoms with Crippen molar-refractivity contribution < 1.29 is 5.11 Å². The number of phenols is 1. The number of pyridine rings is 1. The van der Waals surface area contributed by atoms with Gasteiger partial charge in [-0.25, -0.2) is 0 Å². The molecule has 2 nitrogen and oxygen atoms in total. The maximum Gasteiger partial charge on any atom is 0.141 e. The van der Waals surface area contributed by atoms with Crippen molar-refractivity contribution >= 4 is 73.9 Å². The Hall–Kier alpha value is 0.356. The van der Waals surface area contributed by atoms with Crippen molar-refractivity contribution in [3.05, 3.63) is 35.5 Å². The SMILES string of the molecule is Oc1ccc(Cl)c2cccnc12.[K]. The summed E-state index contributed by atoms with van der Waals surface area (Å²) in [5.74, 6) is 0.162. The van der Waals surface area contributed by atoms with Crippen molar-refractivity contribution in [1.82, 2.24) is 4.98 Å². The Balaban J connectivity index is 0.000000845. The van der Waals surface area contributed by atoms with Crippen LogP contribution in [0.25, 0.3) is 10.9 Å². The summed E-state index contributed by atoms with van der Waals surface area (Å²) >= 11 is 5.88. The van der Waals surface area contributed by atoms with Crippen molar-refractivity contribution in [2.24, 2.45) is 0 Å². The van der Waals surface area contributed by atoms with E-state index in [-0.39, 0.29) is 57.1 Å². The Morgan fingerprint density at radius 1 is 1.23 bits per heavy atom. The first kappa shape index (κ1) is 11.4. The molecule has 4 heteroatoms. The van der Waals surface area contributed by atoms with Crippen molar-refractivity contribution in [2.45, 2.75) is 0 Å². The van der Waals surface area contributed by atoms with E-state index >= 15 is 0 Å². The minimum Gasteiger partial charge on any atom is -0.506 e. The molecule has 1 aromatic carbocycles. The van der Waals surface area contributed by atoms with E-state index in [9.17, 15) is 5.11 Å². The molecule has 0 saturated carbocycles. The van der Waals surface area contributed by atoms with E-state index in [1.807, 2.05) is 6.07 Å². The van der Waals surface area contributed by atoms with Crippen LogP contribution in [0.1, 0.15) is 0 Å². The molecule has 13 heavy (non-hydrogen) atoms. The summed E-state index contributed by atoms with van der Waals surface area (Å²) in [5.41, 5.74) is 0.546. The summed E-state index contributed by atoms with van der Waals surface area (Å²) < 4.78 is 0. The quantitative estimate of drug-likeness (QED) is 0.688. The number of hydrogen-bond donors (Lipinski definition) is 1. The van der Waals surface area contributed by atoms with Gasteiger partial charge >= 0.3 is 0 Å². The molecule has 0 amide bonds. The third-order valence-electron chi connectivity index (χ3n) is 1.70. The van der Waals surface area contributed by atoms with Gasteiger partial charge in [0.25, 0.3) is 0 Å². The predicted octanol–water partition coefficient (Wildman–Crippen LogP) is 2.21. The number of halogens is 1. The molecule has 0 saturated heterocycles. The number of hydrogen-bond acceptors (Lipinski definition) is 2. The van der Waals surface area contributed by atoms with E-state index in [1.54, 1.807) is 18.3 Å². The minimum absolute atomic E-state index is 0. The summed E-state index contributed by atoms with van der Waals surface area (Å²) in [4.78, 5) is 4.01. The molecule has 1 heterocycles. The zero-order chi connectivity index (χ0) is 8.55. The molecule has 0 atom stereocenters. The summed E-state index contributed by atoms with van der Waals surface area (Å²) in [6.45, 7) is 0. The van der Waals surface area contributed by atoms with E-state index < -0.39 is 0 Å².